The number of hydrogen-bond acceptors (Lipinski definition) is 1. The van der Waals surface area contributed by atoms with Crippen molar-refractivity contribution in [2.45, 2.75) is 24.6 Å². The highest BCUT2D eigenvalue weighted by atomic mass is 79.9. The minimum atomic E-state index is 0.226. The summed E-state index contributed by atoms with van der Waals surface area (Å²) in [6.45, 7) is 3.94. The van der Waals surface area contributed by atoms with E-state index in [1.54, 1.807) is 0 Å². The summed E-state index contributed by atoms with van der Waals surface area (Å²) in [4.78, 5) is 14.6. The lowest BCUT2D eigenvalue weighted by Gasteiger charge is -2.34. The van der Waals surface area contributed by atoms with Gasteiger partial charge in [0.1, 0.15) is 0 Å². The molecule has 1 aliphatic rings. The van der Waals surface area contributed by atoms with Crippen molar-refractivity contribution < 1.29 is 4.79 Å². The van der Waals surface area contributed by atoms with Gasteiger partial charge >= 0.3 is 0 Å². The van der Waals surface area contributed by atoms with Gasteiger partial charge in [-0.15, -0.1) is 0 Å². The Labute approximate surface area is 125 Å². The van der Waals surface area contributed by atoms with E-state index in [0.717, 1.165) is 29.5 Å². The Morgan fingerprint density at radius 3 is 2.94 bits per heavy atom. The molecule has 1 fully saturated rings. The highest BCUT2D eigenvalue weighted by molar-refractivity contribution is 9.10. The van der Waals surface area contributed by atoms with Crippen molar-refractivity contribution in [3.8, 4) is 0 Å². The molecule has 18 heavy (non-hydrogen) atoms. The lowest BCUT2D eigenvalue weighted by molar-refractivity contribution is -0.131. The van der Waals surface area contributed by atoms with Crippen LogP contribution < -0.4 is 0 Å². The lowest BCUT2D eigenvalue weighted by Crippen LogP contribution is -2.44. The van der Waals surface area contributed by atoms with E-state index in [1.165, 1.54) is 0 Å². The van der Waals surface area contributed by atoms with E-state index >= 15 is 0 Å². The van der Waals surface area contributed by atoms with Gasteiger partial charge in [0.25, 0.3) is 0 Å². The molecule has 4 heteroatoms. The van der Waals surface area contributed by atoms with E-state index in [-0.39, 0.29) is 5.91 Å². The summed E-state index contributed by atoms with van der Waals surface area (Å²) in [5.74, 6) is 0.879. The molecular formula is C14H17Br2NO. The first-order valence-corrected chi connectivity index (χ1v) is 7.93. The Morgan fingerprint density at radius 1 is 1.50 bits per heavy atom. The number of carbonyl (C=O) groups excluding carboxylic acids is 1. The maximum atomic E-state index is 12.2. The maximum absolute atomic E-state index is 12.2. The number of piperidine rings is 1. The van der Waals surface area contributed by atoms with E-state index in [4.69, 9.17) is 0 Å². The zero-order chi connectivity index (χ0) is 13.1. The minimum Gasteiger partial charge on any atom is -0.341 e. The third-order valence-corrected chi connectivity index (χ3v) is 5.15. The molecule has 0 N–H and O–H groups in total. The molecule has 1 heterocycles. The molecule has 0 aromatic heterocycles. The Kier molecular flexibility index (Phi) is 4.84. The van der Waals surface area contributed by atoms with Crippen molar-refractivity contribution in [2.75, 3.05) is 13.1 Å². The molecule has 2 unspecified atom stereocenters. The van der Waals surface area contributed by atoms with Crippen molar-refractivity contribution in [3.05, 3.63) is 34.3 Å². The molecule has 1 aromatic rings. The van der Waals surface area contributed by atoms with Crippen LogP contribution in [-0.4, -0.2) is 28.7 Å². The summed E-state index contributed by atoms with van der Waals surface area (Å²) in [5.41, 5.74) is 1.07. The predicted octanol–water partition coefficient (Wildman–Crippen LogP) is 3.62. The van der Waals surface area contributed by atoms with Gasteiger partial charge in [-0.05, 0) is 30.0 Å². The van der Waals surface area contributed by atoms with Crippen molar-refractivity contribution in [2.24, 2.45) is 5.92 Å². The average Bonchev–Trinajstić information content (AvgIpc) is 2.32. The van der Waals surface area contributed by atoms with Crippen molar-refractivity contribution >= 4 is 37.8 Å². The number of amides is 1. The molecule has 0 saturated carbocycles. The smallest absolute Gasteiger partial charge is 0.227 e. The number of hydrogen-bond donors (Lipinski definition) is 0. The summed E-state index contributed by atoms with van der Waals surface area (Å²) in [7, 11) is 0. The fraction of sp³-hybridized carbons (Fsp3) is 0.500. The summed E-state index contributed by atoms with van der Waals surface area (Å²) in [5, 5.41) is 0. The SMILES string of the molecule is CC1CCN(C(=O)Cc2cccc(Br)c2)CC1Br. The molecule has 98 valence electrons. The lowest BCUT2D eigenvalue weighted by atomic mass is 9.98. The van der Waals surface area contributed by atoms with Gasteiger partial charge in [-0.1, -0.05) is 50.9 Å². The monoisotopic (exact) mass is 373 g/mol. The molecule has 1 amide bonds. The van der Waals surface area contributed by atoms with Crippen LogP contribution in [0.2, 0.25) is 0 Å². The molecular weight excluding hydrogens is 358 g/mol. The second-order valence-corrected chi connectivity index (χ2v) is 7.02. The molecule has 0 radical (unpaired) electrons. The molecule has 1 aliphatic heterocycles. The van der Waals surface area contributed by atoms with Crippen LogP contribution in [0.4, 0.5) is 0 Å². The van der Waals surface area contributed by atoms with E-state index in [9.17, 15) is 4.79 Å². The summed E-state index contributed by atoms with van der Waals surface area (Å²) in [6.07, 6.45) is 1.58. The van der Waals surface area contributed by atoms with E-state index in [0.29, 0.717) is 17.2 Å². The number of nitrogens with zero attached hydrogens (tertiary/aromatic N) is 1. The molecule has 2 atom stereocenters. The minimum absolute atomic E-state index is 0.226. The number of benzene rings is 1. The molecule has 0 spiro atoms. The molecule has 1 aromatic carbocycles. The van der Waals surface area contributed by atoms with Gasteiger partial charge in [-0.2, -0.15) is 0 Å². The Bertz CT molecular complexity index is 436. The van der Waals surface area contributed by atoms with Crippen LogP contribution in [0, 0.1) is 5.92 Å². The van der Waals surface area contributed by atoms with Gasteiger partial charge in [0.2, 0.25) is 5.91 Å². The summed E-state index contributed by atoms with van der Waals surface area (Å²) in [6, 6.07) is 7.96. The molecule has 2 rings (SSSR count). The van der Waals surface area contributed by atoms with Crippen LogP contribution in [-0.2, 0) is 11.2 Å². The molecule has 1 saturated heterocycles. The maximum Gasteiger partial charge on any atom is 0.227 e. The molecule has 0 bridgehead atoms. The Morgan fingerprint density at radius 2 is 2.28 bits per heavy atom. The van der Waals surface area contributed by atoms with E-state index < -0.39 is 0 Å². The van der Waals surface area contributed by atoms with Crippen LogP contribution >= 0.6 is 31.9 Å². The number of likely N-dealkylation sites (tertiary alicyclic amines) is 1. The van der Waals surface area contributed by atoms with Crippen molar-refractivity contribution in [1.29, 1.82) is 0 Å². The van der Waals surface area contributed by atoms with Crippen molar-refractivity contribution in [3.63, 3.8) is 0 Å². The average molecular weight is 375 g/mol. The van der Waals surface area contributed by atoms with Crippen LogP contribution in [0.3, 0.4) is 0 Å². The highest BCUT2D eigenvalue weighted by Crippen LogP contribution is 2.24. The first-order valence-electron chi connectivity index (χ1n) is 6.22. The van der Waals surface area contributed by atoms with Gasteiger partial charge in [0, 0.05) is 22.4 Å². The summed E-state index contributed by atoms with van der Waals surface area (Å²) < 4.78 is 1.03. The topological polar surface area (TPSA) is 20.3 Å². The fourth-order valence-electron chi connectivity index (χ4n) is 2.18. The number of rotatable bonds is 2. The van der Waals surface area contributed by atoms with E-state index in [1.807, 2.05) is 29.2 Å². The Balaban J connectivity index is 1.96. The van der Waals surface area contributed by atoms with Gasteiger partial charge in [0.15, 0.2) is 0 Å². The highest BCUT2D eigenvalue weighted by Gasteiger charge is 2.26. The van der Waals surface area contributed by atoms with E-state index in [2.05, 4.69) is 38.8 Å². The first kappa shape index (κ1) is 14.1. The van der Waals surface area contributed by atoms with Gasteiger partial charge in [0.05, 0.1) is 6.42 Å². The standard InChI is InChI=1S/C14H17Br2NO/c1-10-5-6-17(9-13(10)16)14(18)8-11-3-2-4-12(15)7-11/h2-4,7,10,13H,5-6,8-9H2,1H3. The van der Waals surface area contributed by atoms with Gasteiger partial charge in [-0.3, -0.25) is 4.79 Å². The van der Waals surface area contributed by atoms with Crippen LogP contribution in [0.5, 0.6) is 0 Å². The third kappa shape index (κ3) is 3.58. The normalized spacial score (nSPS) is 24.1. The number of halogens is 2. The first-order chi connectivity index (χ1) is 8.56. The third-order valence-electron chi connectivity index (χ3n) is 3.46. The van der Waals surface area contributed by atoms with Crippen LogP contribution in [0.1, 0.15) is 18.9 Å². The second-order valence-electron chi connectivity index (χ2n) is 4.93. The Hall–Kier alpha value is -0.350. The zero-order valence-corrected chi connectivity index (χ0v) is 13.6. The number of alkyl halides is 1. The predicted molar refractivity (Wildman–Crippen MR) is 80.9 cm³/mol. The van der Waals surface area contributed by atoms with Crippen LogP contribution in [0.25, 0.3) is 0 Å². The van der Waals surface area contributed by atoms with Crippen LogP contribution in [0.15, 0.2) is 28.7 Å². The largest absolute Gasteiger partial charge is 0.341 e. The molecule has 2 nitrogen and oxygen atoms in total. The second kappa shape index (κ2) is 6.20. The van der Waals surface area contributed by atoms with Crippen molar-refractivity contribution in [1.82, 2.24) is 4.90 Å². The zero-order valence-electron chi connectivity index (χ0n) is 10.4. The quantitative estimate of drug-likeness (QED) is 0.724. The van der Waals surface area contributed by atoms with Gasteiger partial charge < -0.3 is 4.90 Å². The van der Waals surface area contributed by atoms with Gasteiger partial charge in [-0.25, -0.2) is 0 Å². The summed E-state index contributed by atoms with van der Waals surface area (Å²) >= 11 is 7.09. The molecule has 0 aliphatic carbocycles. The number of carbonyl (C=O) groups is 1. The fourth-order valence-corrected chi connectivity index (χ4v) is 3.24.